The molecule has 0 aliphatic rings. The lowest BCUT2D eigenvalue weighted by Crippen LogP contribution is -2.40. The van der Waals surface area contributed by atoms with E-state index in [0.717, 1.165) is 37.2 Å². The van der Waals surface area contributed by atoms with Crippen LogP contribution in [0.4, 0.5) is 0 Å². The smallest absolute Gasteiger partial charge is 0.227 e. The predicted molar refractivity (Wildman–Crippen MR) is 138 cm³/mol. The second kappa shape index (κ2) is 17.3. The summed E-state index contributed by atoms with van der Waals surface area (Å²) >= 11 is 16.7. The molecule has 6 heteroatoms. The van der Waals surface area contributed by atoms with Gasteiger partial charge in [-0.25, -0.2) is 0 Å². The number of hydrogen-bond acceptors (Lipinski definition) is 2. The molecule has 1 unspecified atom stereocenters. The van der Waals surface area contributed by atoms with E-state index in [4.69, 9.17) is 23.2 Å². The molecular weight excluding hydrogens is 451 g/mol. The van der Waals surface area contributed by atoms with Gasteiger partial charge in [-0.15, -0.1) is 11.6 Å². The van der Waals surface area contributed by atoms with Gasteiger partial charge in [-0.05, 0) is 42.8 Å². The summed E-state index contributed by atoms with van der Waals surface area (Å²) in [7, 11) is 1.89. The lowest BCUT2D eigenvalue weighted by Gasteiger charge is -2.33. The van der Waals surface area contributed by atoms with Crippen molar-refractivity contribution in [1.29, 1.82) is 0 Å². The topological polar surface area (TPSA) is 23.6 Å². The van der Waals surface area contributed by atoms with Crippen LogP contribution < -0.4 is 0 Å². The Labute approximate surface area is 204 Å². The number of halogens is 3. The summed E-state index contributed by atoms with van der Waals surface area (Å²) in [4.78, 5) is 17.2. The lowest BCUT2D eigenvalue weighted by molar-refractivity contribution is -0.131. The molecule has 2 rings (SSSR count). The zero-order valence-electron chi connectivity index (χ0n) is 19.7. The monoisotopic (exact) mass is 486 g/mol. The number of alkyl halides is 1. The summed E-state index contributed by atoms with van der Waals surface area (Å²) in [5.74, 6) is 0.0646. The van der Waals surface area contributed by atoms with E-state index in [2.05, 4.69) is 42.5 Å². The summed E-state index contributed by atoms with van der Waals surface area (Å²) < 4.78 is 0. The molecule has 0 saturated carbocycles. The first-order valence-electron chi connectivity index (χ1n) is 10.8. The van der Waals surface area contributed by atoms with Gasteiger partial charge in [-0.2, -0.15) is 0 Å². The molecule has 0 saturated heterocycles. The summed E-state index contributed by atoms with van der Waals surface area (Å²) in [6, 6.07) is 15.6. The van der Waals surface area contributed by atoms with Crippen molar-refractivity contribution >= 4 is 40.7 Å². The Balaban J connectivity index is 0.00000212. The first-order chi connectivity index (χ1) is 15.0. The Morgan fingerprint density at radius 2 is 1.58 bits per heavy atom. The summed E-state index contributed by atoms with van der Waals surface area (Å²) in [5.41, 5.74) is 2.02. The van der Waals surface area contributed by atoms with Crippen molar-refractivity contribution in [3.8, 4) is 0 Å². The van der Waals surface area contributed by atoms with Crippen LogP contribution in [0.25, 0.3) is 0 Å². The van der Waals surface area contributed by atoms with Gasteiger partial charge < -0.3 is 9.80 Å². The van der Waals surface area contributed by atoms with E-state index in [1.165, 1.54) is 6.38 Å². The number of likely N-dealkylation sites (N-methyl/N-ethyl adjacent to an activating group) is 2. The number of rotatable bonds is 9. The van der Waals surface area contributed by atoms with Crippen LogP contribution in [0, 0.1) is 0 Å². The Bertz CT molecular complexity index is 741. The third kappa shape index (κ3) is 10.3. The fourth-order valence-electron chi connectivity index (χ4n) is 3.19. The van der Waals surface area contributed by atoms with Crippen LogP contribution in [0.1, 0.15) is 51.3 Å². The Hall–Kier alpha value is -1.26. The maximum Gasteiger partial charge on any atom is 0.227 e. The minimum Gasteiger partial charge on any atom is -0.337 e. The van der Waals surface area contributed by atoms with E-state index >= 15 is 0 Å². The minimum absolute atomic E-state index is 0.00738. The van der Waals surface area contributed by atoms with Gasteiger partial charge >= 0.3 is 0 Å². The Morgan fingerprint density at radius 1 is 0.968 bits per heavy atom. The van der Waals surface area contributed by atoms with Gasteiger partial charge in [0.1, 0.15) is 0 Å². The van der Waals surface area contributed by atoms with Gasteiger partial charge in [-0.3, -0.25) is 4.79 Å². The van der Waals surface area contributed by atoms with Crippen LogP contribution in [0.2, 0.25) is 10.0 Å². The van der Waals surface area contributed by atoms with E-state index in [-0.39, 0.29) is 11.9 Å². The third-order valence-electron chi connectivity index (χ3n) is 4.80. The van der Waals surface area contributed by atoms with Crippen molar-refractivity contribution in [2.45, 2.75) is 46.6 Å². The second-order valence-electron chi connectivity index (χ2n) is 6.75. The fraction of sp³-hybridized carbons (Fsp3) is 0.480. The van der Waals surface area contributed by atoms with Crippen LogP contribution in [-0.4, -0.2) is 48.8 Å². The standard InChI is InChI=1S/C22H28Cl2N2O.C2H6.CH3Cl/c1-4-13-26(5-2)16-21(18-9-7-6-8-10-18)25(3)22(27)15-17-11-12-19(23)20(24)14-17;2*1-2/h6-12,14,21H,4-5,13,15-16H2,1-3H3;1-2H3;1H3. The molecule has 31 heavy (non-hydrogen) atoms. The number of hydrogen-bond donors (Lipinski definition) is 0. The molecule has 1 amide bonds. The molecular formula is C25H37Cl3N2O. The molecule has 0 fully saturated rings. The van der Waals surface area contributed by atoms with Gasteiger partial charge in [0, 0.05) is 20.0 Å². The van der Waals surface area contributed by atoms with Gasteiger partial charge in [0.2, 0.25) is 5.91 Å². The van der Waals surface area contributed by atoms with Crippen LogP contribution >= 0.6 is 34.8 Å². The molecule has 0 heterocycles. The molecule has 0 N–H and O–H groups in total. The van der Waals surface area contributed by atoms with Crippen molar-refractivity contribution < 1.29 is 4.79 Å². The van der Waals surface area contributed by atoms with Gasteiger partial charge in [0.25, 0.3) is 0 Å². The van der Waals surface area contributed by atoms with Crippen molar-refractivity contribution in [3.63, 3.8) is 0 Å². The average molecular weight is 488 g/mol. The van der Waals surface area contributed by atoms with Crippen LogP contribution in [0.5, 0.6) is 0 Å². The zero-order valence-corrected chi connectivity index (χ0v) is 21.9. The van der Waals surface area contributed by atoms with Gasteiger partial charge in [0.15, 0.2) is 0 Å². The number of nitrogens with zero attached hydrogens (tertiary/aromatic N) is 2. The van der Waals surface area contributed by atoms with Crippen LogP contribution in [0.15, 0.2) is 48.5 Å². The highest BCUT2D eigenvalue weighted by molar-refractivity contribution is 6.42. The SMILES string of the molecule is CC.CCCN(CC)CC(c1ccccc1)N(C)C(=O)Cc1ccc(Cl)c(Cl)c1.CCl. The van der Waals surface area contributed by atoms with Crippen molar-refractivity contribution in [3.05, 3.63) is 69.7 Å². The van der Waals surface area contributed by atoms with E-state index in [0.29, 0.717) is 16.5 Å². The average Bonchev–Trinajstić information content (AvgIpc) is 2.81. The number of benzene rings is 2. The molecule has 0 bridgehead atoms. The number of carbonyl (C=O) groups excluding carboxylic acids is 1. The Kier molecular flexibility index (Phi) is 16.6. The molecule has 0 spiro atoms. The van der Waals surface area contributed by atoms with Gasteiger partial charge in [0.05, 0.1) is 22.5 Å². The summed E-state index contributed by atoms with van der Waals surface area (Å²) in [5, 5.41) is 0.978. The molecule has 0 aliphatic carbocycles. The van der Waals surface area contributed by atoms with Crippen molar-refractivity contribution in [2.75, 3.05) is 33.1 Å². The highest BCUT2D eigenvalue weighted by Crippen LogP contribution is 2.25. The van der Waals surface area contributed by atoms with Crippen LogP contribution in [-0.2, 0) is 11.2 Å². The molecule has 3 nitrogen and oxygen atoms in total. The highest BCUT2D eigenvalue weighted by atomic mass is 35.5. The second-order valence-corrected chi connectivity index (χ2v) is 7.56. The van der Waals surface area contributed by atoms with E-state index in [1.54, 1.807) is 12.1 Å². The fourth-order valence-corrected chi connectivity index (χ4v) is 3.51. The maximum atomic E-state index is 13.0. The summed E-state index contributed by atoms with van der Waals surface area (Å²) in [6.07, 6.45) is 2.87. The third-order valence-corrected chi connectivity index (χ3v) is 5.54. The van der Waals surface area contributed by atoms with Crippen molar-refractivity contribution in [2.24, 2.45) is 0 Å². The van der Waals surface area contributed by atoms with Gasteiger partial charge in [-0.1, -0.05) is 87.3 Å². The Morgan fingerprint density at radius 3 is 2.10 bits per heavy atom. The molecule has 2 aromatic rings. The molecule has 0 radical (unpaired) electrons. The highest BCUT2D eigenvalue weighted by Gasteiger charge is 2.23. The zero-order chi connectivity index (χ0) is 23.8. The minimum atomic E-state index is 0.00738. The lowest BCUT2D eigenvalue weighted by atomic mass is 10.0. The van der Waals surface area contributed by atoms with Crippen molar-refractivity contribution in [1.82, 2.24) is 9.80 Å². The summed E-state index contributed by atoms with van der Waals surface area (Å²) in [6.45, 7) is 11.1. The number of carbonyl (C=O) groups is 1. The molecule has 1 atom stereocenters. The molecule has 2 aromatic carbocycles. The van der Waals surface area contributed by atoms with E-state index in [9.17, 15) is 4.79 Å². The van der Waals surface area contributed by atoms with Crippen LogP contribution in [0.3, 0.4) is 0 Å². The molecule has 0 aliphatic heterocycles. The van der Waals surface area contributed by atoms with E-state index < -0.39 is 0 Å². The number of amides is 1. The largest absolute Gasteiger partial charge is 0.337 e. The molecule has 0 aromatic heterocycles. The van der Waals surface area contributed by atoms with E-state index in [1.807, 2.05) is 50.1 Å². The molecule has 174 valence electrons. The predicted octanol–water partition coefficient (Wildman–Crippen LogP) is 7.35. The quantitative estimate of drug-likeness (QED) is 0.345. The first-order valence-corrected chi connectivity index (χ1v) is 12.3. The normalized spacial score (nSPS) is 11.0. The maximum absolute atomic E-state index is 13.0. The first kappa shape index (κ1) is 29.7.